The number of amides is 1. The summed E-state index contributed by atoms with van der Waals surface area (Å²) in [6.07, 6.45) is 0. The molecule has 1 unspecified atom stereocenters. The van der Waals surface area contributed by atoms with E-state index in [0.29, 0.717) is 0 Å². The van der Waals surface area contributed by atoms with Crippen molar-refractivity contribution in [3.63, 3.8) is 0 Å². The molecular formula is C16H22N4OS. The lowest BCUT2D eigenvalue weighted by Gasteiger charge is -2.37. The molecule has 3 rings (SSSR count). The van der Waals surface area contributed by atoms with Crippen LogP contribution >= 0.6 is 11.8 Å². The molecule has 2 aliphatic heterocycles. The maximum atomic E-state index is 12.8. The molecule has 2 heterocycles. The lowest BCUT2D eigenvalue weighted by atomic mass is 10.0. The van der Waals surface area contributed by atoms with Crippen LogP contribution in [0.3, 0.4) is 0 Å². The molecule has 1 aromatic carbocycles. The minimum atomic E-state index is -0.237. The van der Waals surface area contributed by atoms with E-state index in [2.05, 4.69) is 27.2 Å². The van der Waals surface area contributed by atoms with Crippen LogP contribution in [0.25, 0.3) is 0 Å². The highest BCUT2D eigenvalue weighted by Crippen LogP contribution is 2.23. The van der Waals surface area contributed by atoms with Gasteiger partial charge in [-0.05, 0) is 12.6 Å². The first-order valence-corrected chi connectivity index (χ1v) is 8.68. The molecule has 1 saturated heterocycles. The van der Waals surface area contributed by atoms with Gasteiger partial charge >= 0.3 is 0 Å². The summed E-state index contributed by atoms with van der Waals surface area (Å²) in [4.78, 5) is 21.7. The molecule has 0 aliphatic carbocycles. The fourth-order valence-electron chi connectivity index (χ4n) is 2.83. The number of rotatable bonds is 3. The molecule has 0 spiro atoms. The summed E-state index contributed by atoms with van der Waals surface area (Å²) in [5, 5.41) is 3.77. The van der Waals surface area contributed by atoms with Gasteiger partial charge in [-0.3, -0.25) is 14.7 Å². The van der Waals surface area contributed by atoms with Crippen LogP contribution in [0.5, 0.6) is 0 Å². The van der Waals surface area contributed by atoms with Gasteiger partial charge in [0, 0.05) is 31.9 Å². The first kappa shape index (κ1) is 15.5. The van der Waals surface area contributed by atoms with Gasteiger partial charge in [0.2, 0.25) is 5.91 Å². The zero-order valence-corrected chi connectivity index (χ0v) is 13.7. The van der Waals surface area contributed by atoms with Crippen molar-refractivity contribution in [2.24, 2.45) is 4.99 Å². The molecule has 5 nitrogen and oxygen atoms in total. The Kier molecular flexibility index (Phi) is 5.12. The third-order valence-corrected chi connectivity index (χ3v) is 4.97. The molecule has 0 saturated carbocycles. The predicted octanol–water partition coefficient (Wildman–Crippen LogP) is 1.19. The van der Waals surface area contributed by atoms with Crippen molar-refractivity contribution in [3.05, 3.63) is 35.9 Å². The number of nitrogens with zero attached hydrogens (tertiary/aromatic N) is 3. The van der Waals surface area contributed by atoms with Crippen LogP contribution in [0.1, 0.15) is 11.6 Å². The van der Waals surface area contributed by atoms with Gasteiger partial charge in [-0.15, -0.1) is 0 Å². The van der Waals surface area contributed by atoms with Gasteiger partial charge in [0.25, 0.3) is 0 Å². The molecule has 1 fully saturated rings. The van der Waals surface area contributed by atoms with E-state index in [1.165, 1.54) is 0 Å². The van der Waals surface area contributed by atoms with Gasteiger partial charge in [-0.1, -0.05) is 42.1 Å². The highest BCUT2D eigenvalue weighted by atomic mass is 32.2. The van der Waals surface area contributed by atoms with Crippen LogP contribution in [-0.2, 0) is 4.79 Å². The molecule has 0 aromatic heterocycles. The molecule has 2 aliphatic rings. The van der Waals surface area contributed by atoms with E-state index in [9.17, 15) is 4.79 Å². The monoisotopic (exact) mass is 318 g/mol. The number of carbonyl (C=O) groups is 1. The highest BCUT2D eigenvalue weighted by molar-refractivity contribution is 8.14. The first-order chi connectivity index (χ1) is 10.7. The van der Waals surface area contributed by atoms with Crippen molar-refractivity contribution in [1.29, 1.82) is 0 Å². The molecular weight excluding hydrogens is 296 g/mol. The second kappa shape index (κ2) is 7.26. The Morgan fingerprint density at radius 3 is 2.59 bits per heavy atom. The number of piperazine rings is 1. The number of carbonyl (C=O) groups excluding carboxylic acids is 1. The summed E-state index contributed by atoms with van der Waals surface area (Å²) in [5.41, 5.74) is 1.05. The van der Waals surface area contributed by atoms with E-state index in [4.69, 9.17) is 0 Å². The topological polar surface area (TPSA) is 47.9 Å². The fourth-order valence-corrected chi connectivity index (χ4v) is 3.56. The third kappa shape index (κ3) is 3.69. The fraction of sp³-hybridized carbons (Fsp3) is 0.500. The van der Waals surface area contributed by atoms with Crippen LogP contribution in [0, 0.1) is 0 Å². The SMILES string of the molecule is CN1CCN(C(C(=O)NC2=NCCS2)c2ccccc2)CC1. The summed E-state index contributed by atoms with van der Waals surface area (Å²) in [5.74, 6) is 0.990. The van der Waals surface area contributed by atoms with Crippen molar-refractivity contribution in [2.75, 3.05) is 45.5 Å². The molecule has 0 radical (unpaired) electrons. The van der Waals surface area contributed by atoms with Crippen LogP contribution in [0.4, 0.5) is 0 Å². The number of benzene rings is 1. The third-order valence-electron chi connectivity index (χ3n) is 4.08. The Morgan fingerprint density at radius 2 is 1.95 bits per heavy atom. The lowest BCUT2D eigenvalue weighted by Crippen LogP contribution is -2.50. The smallest absolute Gasteiger partial charge is 0.247 e. The molecule has 1 amide bonds. The quantitative estimate of drug-likeness (QED) is 0.910. The number of nitrogens with one attached hydrogen (secondary N) is 1. The van der Waals surface area contributed by atoms with Crippen molar-refractivity contribution in [2.45, 2.75) is 6.04 Å². The Balaban J connectivity index is 1.78. The van der Waals surface area contributed by atoms with E-state index in [0.717, 1.165) is 49.2 Å². The van der Waals surface area contributed by atoms with Crippen LogP contribution in [0.15, 0.2) is 35.3 Å². The standard InChI is InChI=1S/C16H22N4OS/c1-19-8-10-20(11-9-19)14(13-5-3-2-4-6-13)15(21)18-16-17-7-12-22-16/h2-6,14H,7-12H2,1H3,(H,17,18,21). The molecule has 1 atom stereocenters. The first-order valence-electron chi connectivity index (χ1n) is 7.70. The maximum Gasteiger partial charge on any atom is 0.247 e. The van der Waals surface area contributed by atoms with Crippen molar-refractivity contribution >= 4 is 22.8 Å². The van der Waals surface area contributed by atoms with E-state index in [1.807, 2.05) is 30.3 Å². The average Bonchev–Trinajstić information content (AvgIpc) is 3.03. The predicted molar refractivity (Wildman–Crippen MR) is 91.2 cm³/mol. The van der Waals surface area contributed by atoms with Crippen molar-refractivity contribution in [1.82, 2.24) is 15.1 Å². The minimum absolute atomic E-state index is 0.0314. The lowest BCUT2D eigenvalue weighted by molar-refractivity contribution is -0.125. The minimum Gasteiger partial charge on any atom is -0.304 e. The van der Waals surface area contributed by atoms with Crippen molar-refractivity contribution < 1.29 is 4.79 Å². The molecule has 1 aromatic rings. The van der Waals surface area contributed by atoms with Gasteiger partial charge in [0.15, 0.2) is 5.17 Å². The van der Waals surface area contributed by atoms with E-state index < -0.39 is 0 Å². The summed E-state index contributed by atoms with van der Waals surface area (Å²) in [6, 6.07) is 9.80. The van der Waals surface area contributed by atoms with E-state index >= 15 is 0 Å². The molecule has 118 valence electrons. The van der Waals surface area contributed by atoms with E-state index in [-0.39, 0.29) is 11.9 Å². The van der Waals surface area contributed by atoms with Gasteiger partial charge in [-0.2, -0.15) is 0 Å². The number of likely N-dealkylation sites (N-methyl/N-ethyl adjacent to an activating group) is 1. The van der Waals surface area contributed by atoms with Crippen LogP contribution in [0.2, 0.25) is 0 Å². The summed E-state index contributed by atoms with van der Waals surface area (Å²) in [6.45, 7) is 4.59. The average molecular weight is 318 g/mol. The van der Waals surface area contributed by atoms with Gasteiger partial charge in [-0.25, -0.2) is 0 Å². The Hall–Kier alpha value is -1.37. The van der Waals surface area contributed by atoms with Crippen LogP contribution in [-0.4, -0.2) is 66.4 Å². The Labute approximate surface area is 135 Å². The summed E-state index contributed by atoms with van der Waals surface area (Å²) < 4.78 is 0. The molecule has 6 heteroatoms. The zero-order valence-electron chi connectivity index (χ0n) is 12.9. The van der Waals surface area contributed by atoms with Crippen molar-refractivity contribution in [3.8, 4) is 0 Å². The van der Waals surface area contributed by atoms with Gasteiger partial charge in [0.1, 0.15) is 6.04 Å². The Morgan fingerprint density at radius 1 is 1.23 bits per heavy atom. The van der Waals surface area contributed by atoms with Gasteiger partial charge < -0.3 is 10.2 Å². The summed E-state index contributed by atoms with van der Waals surface area (Å²) in [7, 11) is 2.12. The normalized spacial score (nSPS) is 21.4. The second-order valence-corrected chi connectivity index (χ2v) is 6.76. The molecule has 22 heavy (non-hydrogen) atoms. The number of aliphatic imine (C=N–C) groups is 1. The van der Waals surface area contributed by atoms with Gasteiger partial charge in [0.05, 0.1) is 6.54 Å². The number of hydrogen-bond donors (Lipinski definition) is 1. The second-order valence-electron chi connectivity index (χ2n) is 5.68. The molecule has 1 N–H and O–H groups in total. The number of thioether (sulfide) groups is 1. The zero-order chi connectivity index (χ0) is 15.4. The number of amidine groups is 1. The largest absolute Gasteiger partial charge is 0.304 e. The maximum absolute atomic E-state index is 12.8. The summed E-state index contributed by atoms with van der Waals surface area (Å²) >= 11 is 1.62. The highest BCUT2D eigenvalue weighted by Gasteiger charge is 2.30. The number of hydrogen-bond acceptors (Lipinski definition) is 5. The van der Waals surface area contributed by atoms with E-state index in [1.54, 1.807) is 11.8 Å². The molecule has 0 bridgehead atoms. The Bertz CT molecular complexity index is 540. The van der Waals surface area contributed by atoms with Crippen LogP contribution < -0.4 is 5.32 Å².